The van der Waals surface area contributed by atoms with Gasteiger partial charge in [-0.3, -0.25) is 4.79 Å². The molecule has 0 aliphatic carbocycles. The van der Waals surface area contributed by atoms with Gasteiger partial charge in [0.1, 0.15) is 5.69 Å². The Balaban J connectivity index is 1.83. The summed E-state index contributed by atoms with van der Waals surface area (Å²) in [6, 6.07) is 21.6. The van der Waals surface area contributed by atoms with Crippen molar-refractivity contribution in [3.05, 3.63) is 115 Å². The highest BCUT2D eigenvalue weighted by Crippen LogP contribution is 2.28. The number of hydrogen-bond donors (Lipinski definition) is 1. The lowest BCUT2D eigenvalue weighted by Crippen LogP contribution is -2.19. The van der Waals surface area contributed by atoms with Crippen molar-refractivity contribution in [3.63, 3.8) is 0 Å². The van der Waals surface area contributed by atoms with E-state index in [1.807, 2.05) is 48.5 Å². The summed E-state index contributed by atoms with van der Waals surface area (Å²) in [6.07, 6.45) is 0.508. The third-order valence-electron chi connectivity index (χ3n) is 5.00. The first kappa shape index (κ1) is 20.2. The van der Waals surface area contributed by atoms with Crippen LogP contribution in [0.15, 0.2) is 77.6 Å². The highest BCUT2D eigenvalue weighted by atomic mass is 35.5. The van der Waals surface area contributed by atoms with Crippen molar-refractivity contribution >= 4 is 40.1 Å². The molecular formula is C24H17Cl2NO3. The number of rotatable bonds is 5. The first-order chi connectivity index (χ1) is 14.4. The summed E-state index contributed by atoms with van der Waals surface area (Å²) in [5.41, 5.74) is 2.89. The number of hydrogen-bond acceptors (Lipinski definition) is 2. The number of benzene rings is 3. The molecule has 0 radical (unpaired) electrons. The molecule has 0 saturated heterocycles. The number of fused-ring (bicyclic) bond motifs is 1. The smallest absolute Gasteiger partial charge is 0.352 e. The Hall–Kier alpha value is -3.08. The minimum Gasteiger partial charge on any atom is -0.477 e. The molecule has 0 atom stereocenters. The maximum absolute atomic E-state index is 12.7. The fourth-order valence-electron chi connectivity index (χ4n) is 3.55. The van der Waals surface area contributed by atoms with Crippen LogP contribution in [0.1, 0.15) is 27.2 Å². The summed E-state index contributed by atoms with van der Waals surface area (Å²) in [5, 5.41) is 11.1. The second-order valence-corrected chi connectivity index (χ2v) is 7.80. The number of carboxylic acids is 1. The zero-order valence-electron chi connectivity index (χ0n) is 15.8. The normalized spacial score (nSPS) is 11.0. The Morgan fingerprint density at radius 1 is 0.900 bits per heavy atom. The van der Waals surface area contributed by atoms with Crippen LogP contribution in [0.3, 0.4) is 0 Å². The summed E-state index contributed by atoms with van der Waals surface area (Å²) in [5.74, 6) is -1.14. The van der Waals surface area contributed by atoms with E-state index >= 15 is 0 Å². The van der Waals surface area contributed by atoms with Crippen molar-refractivity contribution < 1.29 is 9.90 Å². The van der Waals surface area contributed by atoms with Crippen LogP contribution in [0.5, 0.6) is 0 Å². The van der Waals surface area contributed by atoms with Crippen LogP contribution in [0, 0.1) is 0 Å². The second-order valence-electron chi connectivity index (χ2n) is 7.01. The average molecular weight is 438 g/mol. The highest BCUT2D eigenvalue weighted by Gasteiger charge is 2.16. The van der Waals surface area contributed by atoms with Crippen LogP contribution in [-0.4, -0.2) is 15.6 Å². The lowest BCUT2D eigenvalue weighted by atomic mass is 10.0. The molecule has 0 aliphatic rings. The summed E-state index contributed by atoms with van der Waals surface area (Å²) in [4.78, 5) is 24.5. The van der Waals surface area contributed by atoms with Crippen LogP contribution in [0.2, 0.25) is 10.0 Å². The van der Waals surface area contributed by atoms with Gasteiger partial charge in [-0.1, -0.05) is 71.7 Å². The van der Waals surface area contributed by atoms with Crippen LogP contribution in [0.4, 0.5) is 0 Å². The minimum absolute atomic E-state index is 0.0398. The van der Waals surface area contributed by atoms with Crippen LogP contribution in [0.25, 0.3) is 10.9 Å². The molecule has 0 spiro atoms. The van der Waals surface area contributed by atoms with Gasteiger partial charge in [-0.2, -0.15) is 0 Å². The molecule has 1 N–H and O–H groups in total. The van der Waals surface area contributed by atoms with E-state index in [0.717, 1.165) is 16.7 Å². The zero-order valence-corrected chi connectivity index (χ0v) is 17.3. The molecule has 4 aromatic rings. The van der Waals surface area contributed by atoms with Crippen LogP contribution >= 0.6 is 23.2 Å². The topological polar surface area (TPSA) is 59.3 Å². The van der Waals surface area contributed by atoms with Crippen molar-refractivity contribution in [1.82, 2.24) is 4.57 Å². The Kier molecular flexibility index (Phi) is 5.62. The molecular weight excluding hydrogens is 421 g/mol. The van der Waals surface area contributed by atoms with E-state index in [1.54, 1.807) is 22.8 Å². The monoisotopic (exact) mass is 437 g/mol. The van der Waals surface area contributed by atoms with Gasteiger partial charge >= 0.3 is 5.97 Å². The molecule has 1 aromatic heterocycles. The molecule has 0 fully saturated rings. The fourth-order valence-corrected chi connectivity index (χ4v) is 3.94. The molecule has 0 unspecified atom stereocenters. The molecule has 4 rings (SSSR count). The standard InChI is InChI=1S/C24H17Cl2NO3/c25-19-8-4-7-17(23(19)26)11-16-9-10-20-18(12-16)22(28)13-21(24(29)30)27(20)14-15-5-2-1-3-6-15/h1-10,12-13H,11,14H2,(H,29,30). The predicted octanol–water partition coefficient (Wildman–Crippen LogP) is 5.65. The van der Waals surface area contributed by atoms with Gasteiger partial charge in [-0.25, -0.2) is 4.79 Å². The van der Waals surface area contributed by atoms with Crippen molar-refractivity contribution in [1.29, 1.82) is 0 Å². The minimum atomic E-state index is -1.14. The Labute approximate surface area is 182 Å². The molecule has 150 valence electrons. The largest absolute Gasteiger partial charge is 0.477 e. The Bertz CT molecular complexity index is 1310. The molecule has 30 heavy (non-hydrogen) atoms. The van der Waals surface area contributed by atoms with Gasteiger partial charge in [0.15, 0.2) is 5.43 Å². The number of aromatic carboxylic acids is 1. The first-order valence-corrected chi connectivity index (χ1v) is 10.1. The predicted molar refractivity (Wildman–Crippen MR) is 120 cm³/mol. The van der Waals surface area contributed by atoms with E-state index in [1.165, 1.54) is 6.07 Å². The van der Waals surface area contributed by atoms with E-state index in [2.05, 4.69) is 0 Å². The van der Waals surface area contributed by atoms with Gasteiger partial charge in [0, 0.05) is 18.0 Å². The van der Waals surface area contributed by atoms with E-state index in [4.69, 9.17) is 23.2 Å². The molecule has 1 heterocycles. The average Bonchev–Trinajstić information content (AvgIpc) is 2.74. The van der Waals surface area contributed by atoms with Gasteiger partial charge in [0.25, 0.3) is 0 Å². The van der Waals surface area contributed by atoms with Gasteiger partial charge in [-0.05, 0) is 41.3 Å². The SMILES string of the molecule is O=C(O)c1cc(=O)c2cc(Cc3cccc(Cl)c3Cl)ccc2n1Cc1ccccc1. The van der Waals surface area contributed by atoms with Gasteiger partial charge in [0.2, 0.25) is 0 Å². The molecule has 6 heteroatoms. The number of carboxylic acid groups (broad SMARTS) is 1. The summed E-state index contributed by atoms with van der Waals surface area (Å²) in [7, 11) is 0. The van der Waals surface area contributed by atoms with Crippen LogP contribution in [-0.2, 0) is 13.0 Å². The van der Waals surface area contributed by atoms with E-state index in [9.17, 15) is 14.7 Å². The first-order valence-electron chi connectivity index (χ1n) is 9.30. The number of pyridine rings is 1. The fraction of sp³-hybridized carbons (Fsp3) is 0.0833. The van der Waals surface area contributed by atoms with Gasteiger partial charge < -0.3 is 9.67 Å². The lowest BCUT2D eigenvalue weighted by Gasteiger charge is -2.16. The third-order valence-corrected chi connectivity index (χ3v) is 5.86. The number of aromatic nitrogens is 1. The molecule has 0 amide bonds. The maximum Gasteiger partial charge on any atom is 0.352 e. The third kappa shape index (κ3) is 3.97. The lowest BCUT2D eigenvalue weighted by molar-refractivity contribution is 0.0685. The zero-order chi connectivity index (χ0) is 21.3. The van der Waals surface area contributed by atoms with Gasteiger partial charge in [0.05, 0.1) is 15.6 Å². The van der Waals surface area contributed by atoms with Crippen molar-refractivity contribution in [3.8, 4) is 0 Å². The van der Waals surface area contributed by atoms with E-state index in [-0.39, 0.29) is 11.1 Å². The molecule has 4 nitrogen and oxygen atoms in total. The summed E-state index contributed by atoms with van der Waals surface area (Å²) >= 11 is 12.4. The van der Waals surface area contributed by atoms with E-state index in [0.29, 0.717) is 33.9 Å². The molecule has 0 aliphatic heterocycles. The van der Waals surface area contributed by atoms with Crippen LogP contribution < -0.4 is 5.43 Å². The summed E-state index contributed by atoms with van der Waals surface area (Å²) < 4.78 is 1.66. The summed E-state index contributed by atoms with van der Waals surface area (Å²) in [6.45, 7) is 0.346. The van der Waals surface area contributed by atoms with Crippen molar-refractivity contribution in [2.45, 2.75) is 13.0 Å². The van der Waals surface area contributed by atoms with Gasteiger partial charge in [-0.15, -0.1) is 0 Å². The molecule has 0 saturated carbocycles. The Morgan fingerprint density at radius 2 is 1.67 bits per heavy atom. The van der Waals surface area contributed by atoms with Crippen molar-refractivity contribution in [2.75, 3.05) is 0 Å². The quantitative estimate of drug-likeness (QED) is 0.438. The molecule has 0 bridgehead atoms. The number of halogens is 2. The highest BCUT2D eigenvalue weighted by molar-refractivity contribution is 6.42. The second kappa shape index (κ2) is 8.34. The van der Waals surface area contributed by atoms with Crippen molar-refractivity contribution in [2.24, 2.45) is 0 Å². The number of nitrogens with zero attached hydrogens (tertiary/aromatic N) is 1. The van der Waals surface area contributed by atoms with E-state index < -0.39 is 5.97 Å². The number of carbonyl (C=O) groups is 1. The maximum atomic E-state index is 12.7. The Morgan fingerprint density at radius 3 is 2.40 bits per heavy atom. The molecule has 3 aromatic carbocycles.